The molecule has 0 fully saturated rings. The first kappa shape index (κ1) is 26.7. The van der Waals surface area contributed by atoms with E-state index in [1.807, 2.05) is 0 Å². The number of benzene rings is 2. The number of ether oxygens (including phenoxy) is 4. The number of aromatic nitrogens is 2. The first-order valence-electron chi connectivity index (χ1n) is 10.4. The molecule has 2 aromatic carbocycles. The number of halogens is 1. The van der Waals surface area contributed by atoms with Crippen LogP contribution in [0.2, 0.25) is 0 Å². The Balaban J connectivity index is 1.88. The highest BCUT2D eigenvalue weighted by Gasteiger charge is 2.20. The van der Waals surface area contributed by atoms with Crippen molar-refractivity contribution in [2.45, 2.75) is 0 Å². The lowest BCUT2D eigenvalue weighted by Gasteiger charge is -2.21. The van der Waals surface area contributed by atoms with E-state index >= 15 is 0 Å². The molecule has 1 aromatic heterocycles. The second-order valence-electron chi connectivity index (χ2n) is 7.15. The SMILES string of the molecule is COCCN(c1cccc(Nc2nc(Nc3cc(OC)c(OC)c(OC)c3)ncc2F)c1)S(=O)(=O)O. The Morgan fingerprint density at radius 2 is 1.69 bits per heavy atom. The van der Waals surface area contributed by atoms with Gasteiger partial charge in [-0.1, -0.05) is 6.07 Å². The average molecular weight is 524 g/mol. The van der Waals surface area contributed by atoms with Gasteiger partial charge in [-0.25, -0.2) is 13.7 Å². The first-order chi connectivity index (χ1) is 17.2. The van der Waals surface area contributed by atoms with E-state index in [9.17, 15) is 17.4 Å². The Hall–Kier alpha value is -3.88. The molecule has 194 valence electrons. The molecule has 0 atom stereocenters. The number of hydrogen-bond donors (Lipinski definition) is 3. The molecule has 12 nitrogen and oxygen atoms in total. The quantitative estimate of drug-likeness (QED) is 0.300. The molecule has 0 unspecified atom stereocenters. The van der Waals surface area contributed by atoms with Crippen LogP contribution in [0.5, 0.6) is 17.2 Å². The number of nitrogens with one attached hydrogen (secondary N) is 2. The molecule has 0 saturated heterocycles. The summed E-state index contributed by atoms with van der Waals surface area (Å²) in [6, 6.07) is 9.27. The molecule has 0 spiro atoms. The van der Waals surface area contributed by atoms with Crippen molar-refractivity contribution >= 4 is 39.1 Å². The van der Waals surface area contributed by atoms with Crippen molar-refractivity contribution in [3.8, 4) is 17.2 Å². The third-order valence-corrected chi connectivity index (χ3v) is 5.79. The highest BCUT2D eigenvalue weighted by atomic mass is 32.2. The third kappa shape index (κ3) is 6.41. The molecule has 3 aromatic rings. The molecule has 1 heterocycles. The van der Waals surface area contributed by atoms with Crippen LogP contribution in [0.1, 0.15) is 0 Å². The van der Waals surface area contributed by atoms with Crippen LogP contribution in [0.15, 0.2) is 42.6 Å². The Morgan fingerprint density at radius 3 is 2.28 bits per heavy atom. The van der Waals surface area contributed by atoms with Crippen LogP contribution >= 0.6 is 0 Å². The second kappa shape index (κ2) is 11.7. The monoisotopic (exact) mass is 523 g/mol. The van der Waals surface area contributed by atoms with Gasteiger partial charge in [0.05, 0.1) is 46.4 Å². The van der Waals surface area contributed by atoms with Crippen molar-refractivity contribution in [3.05, 3.63) is 48.4 Å². The van der Waals surface area contributed by atoms with E-state index in [2.05, 4.69) is 20.6 Å². The smallest absolute Gasteiger partial charge is 0.360 e. The molecule has 36 heavy (non-hydrogen) atoms. The lowest BCUT2D eigenvalue weighted by molar-refractivity contribution is 0.207. The average Bonchev–Trinajstić information content (AvgIpc) is 2.85. The van der Waals surface area contributed by atoms with Gasteiger partial charge < -0.3 is 29.6 Å². The lowest BCUT2D eigenvalue weighted by atomic mass is 10.2. The number of hydrogen-bond acceptors (Lipinski definition) is 10. The van der Waals surface area contributed by atoms with Crippen LogP contribution in [0.25, 0.3) is 0 Å². The predicted octanol–water partition coefficient (Wildman–Crippen LogP) is 3.38. The van der Waals surface area contributed by atoms with Crippen molar-refractivity contribution in [2.75, 3.05) is 56.5 Å². The molecule has 0 radical (unpaired) electrons. The maximum absolute atomic E-state index is 14.5. The largest absolute Gasteiger partial charge is 0.493 e. The minimum atomic E-state index is -4.56. The van der Waals surface area contributed by atoms with Gasteiger partial charge in [0, 0.05) is 30.6 Å². The molecule has 0 aliphatic rings. The summed E-state index contributed by atoms with van der Waals surface area (Å²) < 4.78 is 69.3. The standard InChI is InChI=1S/C22H26FN5O7S/c1-32-9-8-28(36(29,30)31)16-7-5-6-14(10-16)25-21-17(23)13-24-22(27-21)26-15-11-18(33-2)20(35-4)19(12-15)34-3/h5-7,10-13H,8-9H2,1-4H3,(H,29,30,31)(H2,24,25,26,27). The summed E-state index contributed by atoms with van der Waals surface area (Å²) in [7, 11) is 1.28. The van der Waals surface area contributed by atoms with Crippen LogP contribution < -0.4 is 29.1 Å². The van der Waals surface area contributed by atoms with Gasteiger partial charge in [0.15, 0.2) is 23.1 Å². The van der Waals surface area contributed by atoms with Gasteiger partial charge in [0.1, 0.15) is 0 Å². The van der Waals surface area contributed by atoms with E-state index in [0.717, 1.165) is 10.5 Å². The number of nitrogens with zero attached hydrogens (tertiary/aromatic N) is 3. The summed E-state index contributed by atoms with van der Waals surface area (Å²) in [5, 5.41) is 5.75. The van der Waals surface area contributed by atoms with Crippen LogP contribution in [0.3, 0.4) is 0 Å². The van der Waals surface area contributed by atoms with Gasteiger partial charge in [-0.3, -0.25) is 4.55 Å². The fourth-order valence-corrected chi connectivity index (χ4v) is 3.91. The maximum atomic E-state index is 14.5. The van der Waals surface area contributed by atoms with Crippen LogP contribution in [-0.4, -0.2) is 64.5 Å². The minimum Gasteiger partial charge on any atom is -0.493 e. The summed E-state index contributed by atoms with van der Waals surface area (Å²) in [6.45, 7) is -0.0720. The molecule has 3 N–H and O–H groups in total. The van der Waals surface area contributed by atoms with E-state index in [1.165, 1.54) is 46.6 Å². The summed E-state index contributed by atoms with van der Waals surface area (Å²) in [5.41, 5.74) is 0.950. The van der Waals surface area contributed by atoms with E-state index in [0.29, 0.717) is 28.6 Å². The maximum Gasteiger partial charge on any atom is 0.360 e. The predicted molar refractivity (Wildman–Crippen MR) is 132 cm³/mol. The second-order valence-corrected chi connectivity index (χ2v) is 8.48. The van der Waals surface area contributed by atoms with Gasteiger partial charge in [0.25, 0.3) is 0 Å². The molecular formula is C22H26FN5O7S. The molecular weight excluding hydrogens is 497 g/mol. The fraction of sp³-hybridized carbons (Fsp3) is 0.273. The molecule has 14 heteroatoms. The van der Waals surface area contributed by atoms with Gasteiger partial charge >= 0.3 is 10.3 Å². The van der Waals surface area contributed by atoms with Crippen molar-refractivity contribution in [3.63, 3.8) is 0 Å². The Kier molecular flexibility index (Phi) is 8.68. The van der Waals surface area contributed by atoms with Crippen LogP contribution in [0, 0.1) is 5.82 Å². The minimum absolute atomic E-state index is 0.0495. The highest BCUT2D eigenvalue weighted by Crippen LogP contribution is 2.40. The van der Waals surface area contributed by atoms with Crippen LogP contribution in [0.4, 0.5) is 33.2 Å². The zero-order valence-corrected chi connectivity index (χ0v) is 20.8. The Bertz CT molecular complexity index is 1280. The van der Waals surface area contributed by atoms with Gasteiger partial charge in [-0.05, 0) is 18.2 Å². The number of methoxy groups -OCH3 is 4. The number of rotatable bonds is 12. The first-order valence-corrected chi connectivity index (χ1v) is 11.8. The molecule has 0 bridgehead atoms. The van der Waals surface area contributed by atoms with Crippen LogP contribution in [-0.2, 0) is 15.0 Å². The van der Waals surface area contributed by atoms with E-state index in [-0.39, 0.29) is 30.6 Å². The molecule has 3 rings (SSSR count). The van der Waals surface area contributed by atoms with Crippen molar-refractivity contribution in [1.82, 2.24) is 9.97 Å². The Labute approximate surface area is 207 Å². The third-order valence-electron chi connectivity index (χ3n) is 4.84. The van der Waals surface area contributed by atoms with Gasteiger partial charge in [0.2, 0.25) is 11.7 Å². The summed E-state index contributed by atoms with van der Waals surface area (Å²) >= 11 is 0. The van der Waals surface area contributed by atoms with Crippen molar-refractivity contribution in [1.29, 1.82) is 0 Å². The van der Waals surface area contributed by atoms with E-state index < -0.39 is 16.1 Å². The summed E-state index contributed by atoms with van der Waals surface area (Å²) in [5.74, 6) is 0.331. The highest BCUT2D eigenvalue weighted by molar-refractivity contribution is 7.87. The molecule has 0 aliphatic heterocycles. The van der Waals surface area contributed by atoms with E-state index in [4.69, 9.17) is 18.9 Å². The summed E-state index contributed by atoms with van der Waals surface area (Å²) in [6.07, 6.45) is 0.975. The van der Waals surface area contributed by atoms with Crippen molar-refractivity contribution in [2.24, 2.45) is 0 Å². The Morgan fingerprint density at radius 1 is 1.00 bits per heavy atom. The molecule has 0 aliphatic carbocycles. The van der Waals surface area contributed by atoms with Crippen molar-refractivity contribution < 1.29 is 36.3 Å². The zero-order valence-electron chi connectivity index (χ0n) is 20.0. The topological polar surface area (TPSA) is 144 Å². The fourth-order valence-electron chi connectivity index (χ4n) is 3.22. The van der Waals surface area contributed by atoms with Gasteiger partial charge in [-0.2, -0.15) is 13.4 Å². The molecule has 0 amide bonds. The normalized spacial score (nSPS) is 11.1. The summed E-state index contributed by atoms with van der Waals surface area (Å²) in [4.78, 5) is 8.12. The number of anilines is 5. The molecule has 0 saturated carbocycles. The lowest BCUT2D eigenvalue weighted by Crippen LogP contribution is -2.33. The zero-order chi connectivity index (χ0) is 26.3. The van der Waals surface area contributed by atoms with E-state index in [1.54, 1.807) is 18.2 Å². The van der Waals surface area contributed by atoms with Gasteiger partial charge in [-0.15, -0.1) is 0 Å².